The SMILES string of the molecule is Cc1ccc(Cn2nnc(CN)c2C)cc1. The molecule has 0 spiro atoms. The van der Waals surface area contributed by atoms with Gasteiger partial charge in [-0.15, -0.1) is 5.10 Å². The highest BCUT2D eigenvalue weighted by molar-refractivity contribution is 5.22. The van der Waals surface area contributed by atoms with Crippen molar-refractivity contribution in [2.75, 3.05) is 0 Å². The molecule has 4 heteroatoms. The molecule has 0 unspecified atom stereocenters. The fourth-order valence-electron chi connectivity index (χ4n) is 1.60. The van der Waals surface area contributed by atoms with E-state index in [1.54, 1.807) is 0 Å². The van der Waals surface area contributed by atoms with Crippen LogP contribution in [0.4, 0.5) is 0 Å². The third-order valence-corrected chi connectivity index (χ3v) is 2.72. The van der Waals surface area contributed by atoms with Gasteiger partial charge in [0.2, 0.25) is 0 Å². The first kappa shape index (κ1) is 10.8. The van der Waals surface area contributed by atoms with Crippen molar-refractivity contribution in [3.63, 3.8) is 0 Å². The molecule has 0 atom stereocenters. The molecule has 2 rings (SSSR count). The van der Waals surface area contributed by atoms with E-state index in [0.717, 1.165) is 17.9 Å². The zero-order valence-electron chi connectivity index (χ0n) is 9.64. The zero-order valence-corrected chi connectivity index (χ0v) is 9.64. The molecule has 2 N–H and O–H groups in total. The van der Waals surface area contributed by atoms with Crippen LogP contribution in [0.5, 0.6) is 0 Å². The molecule has 4 nitrogen and oxygen atoms in total. The number of aryl methyl sites for hydroxylation is 1. The predicted octanol–water partition coefficient (Wildman–Crippen LogP) is 1.40. The lowest BCUT2D eigenvalue weighted by Crippen LogP contribution is -2.05. The number of nitrogens with two attached hydrogens (primary N) is 1. The monoisotopic (exact) mass is 216 g/mol. The summed E-state index contributed by atoms with van der Waals surface area (Å²) < 4.78 is 1.88. The van der Waals surface area contributed by atoms with Crippen LogP contribution in [0.2, 0.25) is 0 Å². The Bertz CT molecular complexity index is 470. The van der Waals surface area contributed by atoms with E-state index in [2.05, 4.69) is 41.5 Å². The van der Waals surface area contributed by atoms with Crippen molar-refractivity contribution in [2.45, 2.75) is 26.9 Å². The molecular formula is C12H16N4. The first-order chi connectivity index (χ1) is 7.70. The van der Waals surface area contributed by atoms with Gasteiger partial charge in [-0.25, -0.2) is 4.68 Å². The fourth-order valence-corrected chi connectivity index (χ4v) is 1.60. The van der Waals surface area contributed by atoms with Crippen LogP contribution in [0, 0.1) is 13.8 Å². The molecule has 0 saturated heterocycles. The fraction of sp³-hybridized carbons (Fsp3) is 0.333. The van der Waals surface area contributed by atoms with Gasteiger partial charge in [-0.2, -0.15) is 0 Å². The van der Waals surface area contributed by atoms with Gasteiger partial charge in [0.15, 0.2) is 0 Å². The maximum atomic E-state index is 5.56. The summed E-state index contributed by atoms with van der Waals surface area (Å²) >= 11 is 0. The van der Waals surface area contributed by atoms with Crippen LogP contribution in [-0.4, -0.2) is 15.0 Å². The van der Waals surface area contributed by atoms with Crippen LogP contribution in [0.25, 0.3) is 0 Å². The third kappa shape index (κ3) is 2.12. The highest BCUT2D eigenvalue weighted by Crippen LogP contribution is 2.08. The second kappa shape index (κ2) is 4.45. The highest BCUT2D eigenvalue weighted by Gasteiger charge is 2.06. The summed E-state index contributed by atoms with van der Waals surface area (Å²) in [5.74, 6) is 0. The van der Waals surface area contributed by atoms with Gasteiger partial charge in [-0.1, -0.05) is 35.0 Å². The van der Waals surface area contributed by atoms with Crippen LogP contribution in [0.1, 0.15) is 22.5 Å². The van der Waals surface area contributed by atoms with E-state index in [1.165, 1.54) is 11.1 Å². The molecule has 1 heterocycles. The molecule has 1 aromatic carbocycles. The maximum Gasteiger partial charge on any atom is 0.0991 e. The molecule has 0 amide bonds. The smallest absolute Gasteiger partial charge is 0.0991 e. The van der Waals surface area contributed by atoms with Crippen molar-refractivity contribution >= 4 is 0 Å². The lowest BCUT2D eigenvalue weighted by atomic mass is 10.1. The molecule has 16 heavy (non-hydrogen) atoms. The Balaban J connectivity index is 2.20. The van der Waals surface area contributed by atoms with Crippen LogP contribution in [0.3, 0.4) is 0 Å². The molecule has 0 bridgehead atoms. The number of rotatable bonds is 3. The van der Waals surface area contributed by atoms with Crippen molar-refractivity contribution in [1.29, 1.82) is 0 Å². The predicted molar refractivity (Wildman–Crippen MR) is 62.9 cm³/mol. The Morgan fingerprint density at radius 3 is 2.44 bits per heavy atom. The Morgan fingerprint density at radius 1 is 1.19 bits per heavy atom. The molecule has 0 aliphatic rings. The molecule has 0 saturated carbocycles. The number of nitrogens with zero attached hydrogens (tertiary/aromatic N) is 3. The van der Waals surface area contributed by atoms with E-state index in [4.69, 9.17) is 5.73 Å². The van der Waals surface area contributed by atoms with Gasteiger partial charge in [-0.05, 0) is 19.4 Å². The Labute approximate surface area is 95.1 Å². The lowest BCUT2D eigenvalue weighted by Gasteiger charge is -2.04. The van der Waals surface area contributed by atoms with Gasteiger partial charge in [0.1, 0.15) is 0 Å². The molecule has 1 aromatic heterocycles. The highest BCUT2D eigenvalue weighted by atomic mass is 15.4. The molecule has 2 aromatic rings. The molecule has 0 aliphatic carbocycles. The van der Waals surface area contributed by atoms with Crippen LogP contribution in [-0.2, 0) is 13.1 Å². The average molecular weight is 216 g/mol. The number of aromatic nitrogens is 3. The van der Waals surface area contributed by atoms with E-state index in [9.17, 15) is 0 Å². The van der Waals surface area contributed by atoms with Gasteiger partial charge >= 0.3 is 0 Å². The normalized spacial score (nSPS) is 10.7. The van der Waals surface area contributed by atoms with Crippen LogP contribution < -0.4 is 5.73 Å². The summed E-state index contributed by atoms with van der Waals surface area (Å²) in [6.07, 6.45) is 0. The van der Waals surface area contributed by atoms with Gasteiger partial charge in [0.05, 0.1) is 17.9 Å². The van der Waals surface area contributed by atoms with Crippen molar-refractivity contribution in [2.24, 2.45) is 5.73 Å². The third-order valence-electron chi connectivity index (χ3n) is 2.72. The quantitative estimate of drug-likeness (QED) is 0.843. The standard InChI is InChI=1S/C12H16N4/c1-9-3-5-11(6-4-9)8-16-10(2)12(7-13)14-15-16/h3-6H,7-8,13H2,1-2H3. The van der Waals surface area contributed by atoms with E-state index >= 15 is 0 Å². The zero-order chi connectivity index (χ0) is 11.5. The average Bonchev–Trinajstić information content (AvgIpc) is 2.63. The minimum atomic E-state index is 0.444. The number of benzene rings is 1. The summed E-state index contributed by atoms with van der Waals surface area (Å²) in [6.45, 7) is 5.27. The summed E-state index contributed by atoms with van der Waals surface area (Å²) in [4.78, 5) is 0. The maximum absolute atomic E-state index is 5.56. The second-order valence-electron chi connectivity index (χ2n) is 3.97. The Hall–Kier alpha value is -1.68. The second-order valence-corrected chi connectivity index (χ2v) is 3.97. The summed E-state index contributed by atoms with van der Waals surface area (Å²) in [5, 5.41) is 8.13. The van der Waals surface area contributed by atoms with Crippen molar-refractivity contribution in [3.05, 3.63) is 46.8 Å². The van der Waals surface area contributed by atoms with Gasteiger partial charge in [-0.3, -0.25) is 0 Å². The van der Waals surface area contributed by atoms with Gasteiger partial charge in [0, 0.05) is 6.54 Å². The van der Waals surface area contributed by atoms with Gasteiger partial charge < -0.3 is 5.73 Å². The molecular weight excluding hydrogens is 200 g/mol. The molecule has 0 fully saturated rings. The first-order valence-electron chi connectivity index (χ1n) is 5.35. The minimum absolute atomic E-state index is 0.444. The van der Waals surface area contributed by atoms with Crippen molar-refractivity contribution in [3.8, 4) is 0 Å². The Kier molecular flexibility index (Phi) is 3.01. The Morgan fingerprint density at radius 2 is 1.88 bits per heavy atom. The molecule has 0 radical (unpaired) electrons. The van der Waals surface area contributed by atoms with Crippen LogP contribution in [0.15, 0.2) is 24.3 Å². The minimum Gasteiger partial charge on any atom is -0.325 e. The summed E-state index contributed by atoms with van der Waals surface area (Å²) in [7, 11) is 0. The van der Waals surface area contributed by atoms with E-state index in [1.807, 2.05) is 11.6 Å². The van der Waals surface area contributed by atoms with Crippen molar-refractivity contribution in [1.82, 2.24) is 15.0 Å². The van der Waals surface area contributed by atoms with E-state index < -0.39 is 0 Å². The van der Waals surface area contributed by atoms with E-state index in [-0.39, 0.29) is 0 Å². The number of hydrogen-bond acceptors (Lipinski definition) is 3. The topological polar surface area (TPSA) is 56.7 Å². The largest absolute Gasteiger partial charge is 0.325 e. The van der Waals surface area contributed by atoms with Gasteiger partial charge in [0.25, 0.3) is 0 Å². The first-order valence-corrected chi connectivity index (χ1v) is 5.35. The molecule has 84 valence electrons. The van der Waals surface area contributed by atoms with Crippen LogP contribution >= 0.6 is 0 Å². The van der Waals surface area contributed by atoms with Crippen molar-refractivity contribution < 1.29 is 0 Å². The summed E-state index contributed by atoms with van der Waals surface area (Å²) in [5.41, 5.74) is 9.96. The van der Waals surface area contributed by atoms with E-state index in [0.29, 0.717) is 6.54 Å². The summed E-state index contributed by atoms with van der Waals surface area (Å²) in [6, 6.07) is 8.42. The lowest BCUT2D eigenvalue weighted by molar-refractivity contribution is 0.633. The number of hydrogen-bond donors (Lipinski definition) is 1. The molecule has 0 aliphatic heterocycles.